The second-order valence-electron chi connectivity index (χ2n) is 7.15. The van der Waals surface area contributed by atoms with Crippen molar-refractivity contribution in [1.82, 2.24) is 4.90 Å². The lowest BCUT2D eigenvalue weighted by Gasteiger charge is -2.21. The van der Waals surface area contributed by atoms with Crippen molar-refractivity contribution in [3.8, 4) is 17.2 Å². The average Bonchev–Trinajstić information content (AvgIpc) is 3.26. The Kier molecular flexibility index (Phi) is 6.39. The van der Waals surface area contributed by atoms with E-state index in [-0.39, 0.29) is 10.7 Å². The summed E-state index contributed by atoms with van der Waals surface area (Å²) in [6, 6.07) is 10.8. The number of methoxy groups -OCH3 is 3. The van der Waals surface area contributed by atoms with E-state index in [9.17, 15) is 14.4 Å². The minimum atomic E-state index is -0.983. The first kappa shape index (κ1) is 22.8. The predicted octanol–water partition coefficient (Wildman–Crippen LogP) is 3.25. The van der Waals surface area contributed by atoms with Gasteiger partial charge < -0.3 is 14.2 Å². The molecule has 0 radical (unpaired) electrons. The molecule has 4 rings (SSSR count). The average molecular weight is 485 g/mol. The van der Waals surface area contributed by atoms with Crippen LogP contribution in [0.5, 0.6) is 17.2 Å². The number of hydrogen-bond donors (Lipinski definition) is 0. The fraction of sp³-hybridized carbons (Fsp3) is 0.217. The van der Waals surface area contributed by atoms with Crippen LogP contribution < -0.4 is 19.1 Å². The van der Waals surface area contributed by atoms with Crippen LogP contribution >= 0.6 is 24.0 Å². The number of imide groups is 1. The van der Waals surface area contributed by atoms with Crippen LogP contribution in [0.2, 0.25) is 0 Å². The van der Waals surface area contributed by atoms with Crippen LogP contribution in [0.25, 0.3) is 6.08 Å². The van der Waals surface area contributed by atoms with Gasteiger partial charge >= 0.3 is 0 Å². The van der Waals surface area contributed by atoms with Crippen molar-refractivity contribution in [2.24, 2.45) is 0 Å². The van der Waals surface area contributed by atoms with Crippen LogP contribution in [0.15, 0.2) is 47.4 Å². The fourth-order valence-electron chi connectivity index (χ4n) is 3.66. The van der Waals surface area contributed by atoms with Crippen LogP contribution in [-0.4, -0.2) is 54.3 Å². The van der Waals surface area contributed by atoms with Gasteiger partial charge in [-0.1, -0.05) is 30.0 Å². The van der Waals surface area contributed by atoms with Crippen molar-refractivity contribution in [2.75, 3.05) is 26.2 Å². The van der Waals surface area contributed by atoms with Crippen molar-refractivity contribution in [2.45, 2.75) is 12.5 Å². The van der Waals surface area contributed by atoms with E-state index in [0.29, 0.717) is 33.4 Å². The van der Waals surface area contributed by atoms with E-state index in [0.717, 1.165) is 16.7 Å². The Morgan fingerprint density at radius 2 is 1.67 bits per heavy atom. The normalized spacial score (nSPS) is 19.6. The Balaban J connectivity index is 1.58. The third-order valence-corrected chi connectivity index (χ3v) is 6.62. The number of nitrogens with zero attached hydrogens (tertiary/aromatic N) is 2. The number of carbonyl (C=O) groups is 3. The molecule has 2 fully saturated rings. The molecule has 2 aliphatic heterocycles. The number of thiocarbonyl (C=S) groups is 1. The van der Waals surface area contributed by atoms with Crippen LogP contribution in [-0.2, 0) is 14.4 Å². The number of hydrogen-bond acceptors (Lipinski definition) is 8. The molecular weight excluding hydrogens is 464 g/mol. The minimum Gasteiger partial charge on any atom is -0.497 e. The molecule has 2 aromatic rings. The zero-order valence-corrected chi connectivity index (χ0v) is 19.7. The number of anilines is 1. The highest BCUT2D eigenvalue weighted by Crippen LogP contribution is 2.38. The lowest BCUT2D eigenvalue weighted by Crippen LogP contribution is -2.44. The quantitative estimate of drug-likeness (QED) is 0.351. The van der Waals surface area contributed by atoms with Crippen LogP contribution in [0, 0.1) is 0 Å². The molecule has 2 aromatic carbocycles. The van der Waals surface area contributed by atoms with E-state index in [2.05, 4.69) is 0 Å². The molecule has 0 aromatic heterocycles. The van der Waals surface area contributed by atoms with Crippen molar-refractivity contribution < 1.29 is 28.6 Å². The Hall–Kier alpha value is -3.37. The standard InChI is InChI=1S/C23H20N2O6S2/c1-29-15-7-5-14(6-8-15)24-20(26)12-16(21(24)27)25-22(28)19(33-23(25)32)11-13-4-9-17(30-2)18(10-13)31-3/h4-11,16H,12H2,1-3H3/b19-11-. The first-order valence-corrected chi connectivity index (χ1v) is 11.1. The molecule has 1 unspecified atom stereocenters. The molecular formula is C23H20N2O6S2. The van der Waals surface area contributed by atoms with Gasteiger partial charge in [-0.3, -0.25) is 19.3 Å². The second kappa shape index (κ2) is 9.24. The van der Waals surface area contributed by atoms with Crippen molar-refractivity contribution in [3.63, 3.8) is 0 Å². The first-order valence-electron chi connectivity index (χ1n) is 9.88. The maximum Gasteiger partial charge on any atom is 0.266 e. The highest BCUT2D eigenvalue weighted by molar-refractivity contribution is 8.26. The van der Waals surface area contributed by atoms with Gasteiger partial charge in [-0.05, 0) is 48.0 Å². The molecule has 33 heavy (non-hydrogen) atoms. The van der Waals surface area contributed by atoms with Gasteiger partial charge in [-0.25, -0.2) is 4.90 Å². The third-order valence-electron chi connectivity index (χ3n) is 5.29. The monoisotopic (exact) mass is 484 g/mol. The highest BCUT2D eigenvalue weighted by Gasteiger charge is 2.48. The number of thioether (sulfide) groups is 1. The van der Waals surface area contributed by atoms with E-state index < -0.39 is 23.8 Å². The molecule has 8 nitrogen and oxygen atoms in total. The molecule has 0 spiro atoms. The summed E-state index contributed by atoms with van der Waals surface area (Å²) in [6.45, 7) is 0. The lowest BCUT2D eigenvalue weighted by molar-refractivity contribution is -0.129. The minimum absolute atomic E-state index is 0.138. The molecule has 0 aliphatic carbocycles. The predicted molar refractivity (Wildman–Crippen MR) is 128 cm³/mol. The van der Waals surface area contributed by atoms with Gasteiger partial charge in [-0.2, -0.15) is 0 Å². The number of rotatable bonds is 6. The largest absolute Gasteiger partial charge is 0.497 e. The summed E-state index contributed by atoms with van der Waals surface area (Å²) in [7, 11) is 4.60. The Bertz CT molecular complexity index is 1180. The molecule has 2 aliphatic rings. The van der Waals surface area contributed by atoms with Crippen LogP contribution in [0.3, 0.4) is 0 Å². The number of amides is 3. The zero-order valence-electron chi connectivity index (χ0n) is 18.1. The molecule has 3 amide bonds. The van der Waals surface area contributed by atoms with Gasteiger partial charge in [0.25, 0.3) is 11.8 Å². The summed E-state index contributed by atoms with van der Waals surface area (Å²) in [6.07, 6.45) is 1.53. The molecule has 170 valence electrons. The van der Waals surface area contributed by atoms with Crippen molar-refractivity contribution >= 4 is 57.8 Å². The lowest BCUT2D eigenvalue weighted by atomic mass is 10.1. The maximum atomic E-state index is 13.2. The van der Waals surface area contributed by atoms with Gasteiger partial charge in [0.2, 0.25) is 5.91 Å². The Morgan fingerprint density at radius 3 is 2.30 bits per heavy atom. The number of benzene rings is 2. The highest BCUT2D eigenvalue weighted by atomic mass is 32.2. The van der Waals surface area contributed by atoms with Crippen LogP contribution in [0.4, 0.5) is 5.69 Å². The second-order valence-corrected chi connectivity index (χ2v) is 8.83. The molecule has 0 N–H and O–H groups in total. The zero-order chi connectivity index (χ0) is 23.7. The summed E-state index contributed by atoms with van der Waals surface area (Å²) in [5, 5.41) is 0. The number of carbonyl (C=O) groups excluding carboxylic acids is 3. The van der Waals surface area contributed by atoms with E-state index in [1.807, 2.05) is 0 Å². The summed E-state index contributed by atoms with van der Waals surface area (Å²) in [5.41, 5.74) is 1.13. The smallest absolute Gasteiger partial charge is 0.266 e. The van der Waals surface area contributed by atoms with E-state index in [4.69, 9.17) is 26.4 Å². The van der Waals surface area contributed by atoms with Gasteiger partial charge in [0.1, 0.15) is 16.1 Å². The molecule has 2 heterocycles. The SMILES string of the molecule is COc1ccc(N2C(=O)CC(N3C(=O)/C(=C/c4ccc(OC)c(OC)c4)SC3=S)C2=O)cc1. The molecule has 1 atom stereocenters. The fourth-order valence-corrected chi connectivity index (χ4v) is 5.02. The van der Waals surface area contributed by atoms with Gasteiger partial charge in [0.15, 0.2) is 11.5 Å². The van der Waals surface area contributed by atoms with Crippen LogP contribution in [0.1, 0.15) is 12.0 Å². The third kappa shape index (κ3) is 4.19. The summed E-state index contributed by atoms with van der Waals surface area (Å²) >= 11 is 6.49. The van der Waals surface area contributed by atoms with E-state index >= 15 is 0 Å². The summed E-state index contributed by atoms with van der Waals surface area (Å²) in [5.74, 6) is 0.389. The topological polar surface area (TPSA) is 85.4 Å². The summed E-state index contributed by atoms with van der Waals surface area (Å²) in [4.78, 5) is 41.6. The van der Waals surface area contributed by atoms with Crippen molar-refractivity contribution in [1.29, 1.82) is 0 Å². The number of ether oxygens (including phenoxy) is 3. The molecule has 0 bridgehead atoms. The van der Waals surface area contributed by atoms with E-state index in [1.54, 1.807) is 48.5 Å². The molecule has 0 saturated carbocycles. The Morgan fingerprint density at radius 1 is 0.970 bits per heavy atom. The Labute approximate surface area is 200 Å². The van der Waals surface area contributed by atoms with E-state index in [1.165, 1.54) is 26.2 Å². The van der Waals surface area contributed by atoms with Gasteiger partial charge in [0, 0.05) is 0 Å². The van der Waals surface area contributed by atoms with Crippen molar-refractivity contribution in [3.05, 3.63) is 52.9 Å². The van der Waals surface area contributed by atoms with Gasteiger partial charge in [0.05, 0.1) is 38.3 Å². The maximum absolute atomic E-state index is 13.2. The first-order chi connectivity index (χ1) is 15.9. The molecule has 2 saturated heterocycles. The molecule has 10 heteroatoms. The summed E-state index contributed by atoms with van der Waals surface area (Å²) < 4.78 is 15.9. The van der Waals surface area contributed by atoms with Gasteiger partial charge in [-0.15, -0.1) is 0 Å².